The molecule has 0 fully saturated rings. The predicted molar refractivity (Wildman–Crippen MR) is 42.6 cm³/mol. The van der Waals surface area contributed by atoms with E-state index in [1.165, 1.54) is 0 Å². The topological polar surface area (TPSA) is 49.7 Å². The minimum atomic E-state index is -0.207. The lowest BCUT2D eigenvalue weighted by atomic mass is 10.2. The lowest BCUT2D eigenvalue weighted by Crippen LogP contribution is -2.29. The van der Waals surface area contributed by atoms with Gasteiger partial charge in [-0.25, -0.2) is 0 Å². The van der Waals surface area contributed by atoms with Gasteiger partial charge in [0, 0.05) is 12.5 Å². The van der Waals surface area contributed by atoms with E-state index >= 15 is 0 Å². The summed E-state index contributed by atoms with van der Waals surface area (Å²) in [5.41, 5.74) is 0. The third-order valence-electron chi connectivity index (χ3n) is 1.28. The molecule has 0 saturated carbocycles. The second-order valence-electron chi connectivity index (χ2n) is 2.70. The summed E-state index contributed by atoms with van der Waals surface area (Å²) in [7, 11) is 0. The Bertz CT molecular complexity index is 145. The number of hydrogen-bond donors (Lipinski definition) is 0. The first-order valence-corrected chi connectivity index (χ1v) is 3.78. The molecular formula is C7H14N2O2. The number of carbonyl (C=O) groups is 1. The molecule has 0 aliphatic heterocycles. The molecule has 0 spiro atoms. The van der Waals surface area contributed by atoms with Gasteiger partial charge in [-0.3, -0.25) is 4.79 Å². The molecule has 0 saturated heterocycles. The molecule has 4 heteroatoms. The third kappa shape index (κ3) is 3.11. The van der Waals surface area contributed by atoms with Crippen molar-refractivity contribution >= 4 is 5.91 Å². The van der Waals surface area contributed by atoms with Gasteiger partial charge in [0.05, 0.1) is 5.29 Å². The summed E-state index contributed by atoms with van der Waals surface area (Å²) < 4.78 is 0. The molecule has 0 radical (unpaired) electrons. The van der Waals surface area contributed by atoms with Crippen molar-refractivity contribution in [1.82, 2.24) is 5.01 Å². The smallest absolute Gasteiger partial charge is 0.247 e. The van der Waals surface area contributed by atoms with Gasteiger partial charge in [0.1, 0.15) is 0 Å². The fourth-order valence-electron chi connectivity index (χ4n) is 0.701. The number of carbonyl (C=O) groups excluding carboxylic acids is 1. The van der Waals surface area contributed by atoms with E-state index in [1.54, 1.807) is 13.8 Å². The van der Waals surface area contributed by atoms with Gasteiger partial charge in [0.15, 0.2) is 0 Å². The first-order valence-electron chi connectivity index (χ1n) is 3.78. The fourth-order valence-corrected chi connectivity index (χ4v) is 0.701. The molecule has 0 unspecified atom stereocenters. The van der Waals surface area contributed by atoms with Gasteiger partial charge in [-0.15, -0.1) is 4.91 Å². The van der Waals surface area contributed by atoms with E-state index in [9.17, 15) is 9.70 Å². The highest BCUT2D eigenvalue weighted by Crippen LogP contribution is 2.02. The van der Waals surface area contributed by atoms with Crippen LogP contribution in [0.3, 0.4) is 0 Å². The molecule has 11 heavy (non-hydrogen) atoms. The summed E-state index contributed by atoms with van der Waals surface area (Å²) in [5, 5.41) is 3.61. The molecule has 0 heterocycles. The summed E-state index contributed by atoms with van der Waals surface area (Å²) in [4.78, 5) is 21.2. The van der Waals surface area contributed by atoms with Crippen LogP contribution in [0.2, 0.25) is 0 Å². The lowest BCUT2D eigenvalue weighted by Gasteiger charge is -2.13. The monoisotopic (exact) mass is 158 g/mol. The molecule has 1 amide bonds. The van der Waals surface area contributed by atoms with E-state index in [4.69, 9.17) is 0 Å². The van der Waals surface area contributed by atoms with Gasteiger partial charge < -0.3 is 0 Å². The molecule has 0 bridgehead atoms. The Morgan fingerprint density at radius 1 is 1.55 bits per heavy atom. The quantitative estimate of drug-likeness (QED) is 0.460. The van der Waals surface area contributed by atoms with E-state index in [0.717, 1.165) is 11.4 Å². The molecule has 0 aliphatic rings. The van der Waals surface area contributed by atoms with E-state index in [0.29, 0.717) is 6.54 Å². The minimum absolute atomic E-state index is 0.153. The zero-order valence-corrected chi connectivity index (χ0v) is 7.20. The largest absolute Gasteiger partial charge is 0.273 e. The van der Waals surface area contributed by atoms with Crippen LogP contribution in [-0.4, -0.2) is 17.5 Å². The average molecular weight is 158 g/mol. The maximum atomic E-state index is 11.1. The Labute approximate surface area is 66.5 Å². The Hall–Kier alpha value is -0.930. The third-order valence-corrected chi connectivity index (χ3v) is 1.28. The van der Waals surface area contributed by atoms with Crippen molar-refractivity contribution in [3.8, 4) is 0 Å². The molecule has 0 rings (SSSR count). The molecule has 0 N–H and O–H groups in total. The van der Waals surface area contributed by atoms with Crippen molar-refractivity contribution in [2.24, 2.45) is 11.2 Å². The van der Waals surface area contributed by atoms with Crippen molar-refractivity contribution < 1.29 is 4.79 Å². The Balaban J connectivity index is 4.02. The highest BCUT2D eigenvalue weighted by Gasteiger charge is 2.15. The summed E-state index contributed by atoms with van der Waals surface area (Å²) in [6, 6.07) is 0. The Morgan fingerprint density at radius 2 is 2.09 bits per heavy atom. The normalized spacial score (nSPS) is 9.82. The second-order valence-corrected chi connectivity index (χ2v) is 2.70. The van der Waals surface area contributed by atoms with Gasteiger partial charge >= 0.3 is 0 Å². The van der Waals surface area contributed by atoms with Crippen molar-refractivity contribution in [3.63, 3.8) is 0 Å². The maximum Gasteiger partial charge on any atom is 0.247 e. The number of hydrogen-bond acceptors (Lipinski definition) is 3. The molecule has 0 atom stereocenters. The Kier molecular flexibility index (Phi) is 4.41. The van der Waals surface area contributed by atoms with Gasteiger partial charge in [-0.2, -0.15) is 5.01 Å². The van der Waals surface area contributed by atoms with Crippen LogP contribution in [0, 0.1) is 10.8 Å². The van der Waals surface area contributed by atoms with Gasteiger partial charge in [0.2, 0.25) is 5.91 Å². The zero-order valence-electron chi connectivity index (χ0n) is 7.20. The van der Waals surface area contributed by atoms with Crippen molar-refractivity contribution in [1.29, 1.82) is 0 Å². The van der Waals surface area contributed by atoms with Gasteiger partial charge in [0.25, 0.3) is 0 Å². The molecule has 64 valence electrons. The zero-order chi connectivity index (χ0) is 8.85. The standard InChI is InChI=1S/C7H14N2O2/c1-4-5-9(8-11)7(10)6(2)3/h6H,4-5H2,1-3H3. The maximum absolute atomic E-state index is 11.1. The average Bonchev–Trinajstić information content (AvgIpc) is 1.98. The fraction of sp³-hybridized carbons (Fsp3) is 0.857. The lowest BCUT2D eigenvalue weighted by molar-refractivity contribution is -0.134. The highest BCUT2D eigenvalue weighted by molar-refractivity contribution is 5.77. The van der Waals surface area contributed by atoms with Crippen LogP contribution in [0.1, 0.15) is 27.2 Å². The van der Waals surface area contributed by atoms with E-state index in [2.05, 4.69) is 5.29 Å². The van der Waals surface area contributed by atoms with E-state index in [1.807, 2.05) is 6.92 Å². The van der Waals surface area contributed by atoms with Crippen LogP contribution in [0.25, 0.3) is 0 Å². The summed E-state index contributed by atoms with van der Waals surface area (Å²) in [6.07, 6.45) is 0.754. The van der Waals surface area contributed by atoms with Crippen molar-refractivity contribution in [2.45, 2.75) is 27.2 Å². The van der Waals surface area contributed by atoms with Crippen LogP contribution in [0.4, 0.5) is 0 Å². The number of rotatable bonds is 4. The number of nitroso groups, excluding NO2 is 1. The van der Waals surface area contributed by atoms with Gasteiger partial charge in [-0.1, -0.05) is 20.8 Å². The first kappa shape index (κ1) is 10.1. The van der Waals surface area contributed by atoms with E-state index in [-0.39, 0.29) is 11.8 Å². The van der Waals surface area contributed by atoms with Crippen LogP contribution in [0.5, 0.6) is 0 Å². The second kappa shape index (κ2) is 4.82. The van der Waals surface area contributed by atoms with Crippen LogP contribution in [0.15, 0.2) is 5.29 Å². The molecule has 0 aromatic rings. The van der Waals surface area contributed by atoms with Crippen LogP contribution < -0.4 is 0 Å². The summed E-state index contributed by atoms with van der Waals surface area (Å²) >= 11 is 0. The molecule has 0 aromatic heterocycles. The van der Waals surface area contributed by atoms with Crippen molar-refractivity contribution in [2.75, 3.05) is 6.54 Å². The summed E-state index contributed by atoms with van der Waals surface area (Å²) in [6.45, 7) is 5.80. The molecule has 0 aromatic carbocycles. The summed E-state index contributed by atoms with van der Waals surface area (Å²) in [5.74, 6) is -0.360. The first-order chi connectivity index (χ1) is 5.13. The van der Waals surface area contributed by atoms with Crippen LogP contribution >= 0.6 is 0 Å². The van der Waals surface area contributed by atoms with Crippen molar-refractivity contribution in [3.05, 3.63) is 4.91 Å². The SMILES string of the molecule is CCCN(N=O)C(=O)C(C)C. The van der Waals surface area contributed by atoms with Gasteiger partial charge in [-0.05, 0) is 6.42 Å². The number of nitrogens with zero attached hydrogens (tertiary/aromatic N) is 2. The van der Waals surface area contributed by atoms with E-state index < -0.39 is 0 Å². The Morgan fingerprint density at radius 3 is 2.36 bits per heavy atom. The van der Waals surface area contributed by atoms with Crippen LogP contribution in [-0.2, 0) is 4.79 Å². The minimum Gasteiger partial charge on any atom is -0.273 e. The molecule has 4 nitrogen and oxygen atoms in total. The molecule has 0 aliphatic carbocycles. The molecular weight excluding hydrogens is 144 g/mol. The number of amides is 1. The highest BCUT2D eigenvalue weighted by atomic mass is 16.3. The predicted octanol–water partition coefficient (Wildman–Crippen LogP) is 1.56.